The number of para-hydroxylation sites is 1. The third-order valence-electron chi connectivity index (χ3n) is 3.61. The van der Waals surface area contributed by atoms with Crippen LogP contribution in [0.3, 0.4) is 0 Å². The van der Waals surface area contributed by atoms with Gasteiger partial charge < -0.3 is 10.6 Å². The van der Waals surface area contributed by atoms with Crippen molar-refractivity contribution in [3.05, 3.63) is 59.2 Å². The van der Waals surface area contributed by atoms with Crippen molar-refractivity contribution in [3.8, 4) is 0 Å². The molecule has 0 bridgehead atoms. The van der Waals surface area contributed by atoms with Crippen LogP contribution < -0.4 is 10.6 Å². The molecule has 0 saturated carbocycles. The molecule has 0 unspecified atom stereocenters. The maximum Gasteiger partial charge on any atom is 0.0407 e. The molecular formula is C18H24N2. The van der Waals surface area contributed by atoms with Gasteiger partial charge in [0.2, 0.25) is 0 Å². The molecule has 0 aliphatic carbocycles. The van der Waals surface area contributed by atoms with Crippen molar-refractivity contribution in [1.29, 1.82) is 0 Å². The van der Waals surface area contributed by atoms with Gasteiger partial charge in [0.15, 0.2) is 0 Å². The smallest absolute Gasteiger partial charge is 0.0407 e. The first-order valence-corrected chi connectivity index (χ1v) is 7.22. The molecule has 0 aliphatic rings. The third kappa shape index (κ3) is 3.32. The Morgan fingerprint density at radius 2 is 1.80 bits per heavy atom. The zero-order valence-corrected chi connectivity index (χ0v) is 12.8. The highest BCUT2D eigenvalue weighted by molar-refractivity contribution is 5.59. The molecule has 2 heteroatoms. The van der Waals surface area contributed by atoms with Gasteiger partial charge in [-0.05, 0) is 41.7 Å². The van der Waals surface area contributed by atoms with E-state index >= 15 is 0 Å². The normalized spacial score (nSPS) is 10.7. The molecule has 2 N–H and O–H groups in total. The van der Waals surface area contributed by atoms with E-state index in [2.05, 4.69) is 73.9 Å². The molecule has 2 aromatic rings. The van der Waals surface area contributed by atoms with Crippen molar-refractivity contribution < 1.29 is 0 Å². The van der Waals surface area contributed by atoms with Gasteiger partial charge >= 0.3 is 0 Å². The fourth-order valence-corrected chi connectivity index (χ4v) is 2.44. The van der Waals surface area contributed by atoms with E-state index in [1.165, 1.54) is 22.4 Å². The van der Waals surface area contributed by atoms with Gasteiger partial charge in [0.05, 0.1) is 0 Å². The third-order valence-corrected chi connectivity index (χ3v) is 3.61. The minimum atomic E-state index is 0.529. The van der Waals surface area contributed by atoms with Gasteiger partial charge in [-0.1, -0.05) is 44.2 Å². The van der Waals surface area contributed by atoms with Gasteiger partial charge in [-0.15, -0.1) is 0 Å². The summed E-state index contributed by atoms with van der Waals surface area (Å²) < 4.78 is 0. The van der Waals surface area contributed by atoms with Gasteiger partial charge in [0.25, 0.3) is 0 Å². The van der Waals surface area contributed by atoms with Gasteiger partial charge in [-0.3, -0.25) is 0 Å². The fourth-order valence-electron chi connectivity index (χ4n) is 2.44. The Morgan fingerprint density at radius 1 is 1.05 bits per heavy atom. The molecule has 0 radical (unpaired) electrons. The maximum atomic E-state index is 3.60. The number of benzene rings is 2. The summed E-state index contributed by atoms with van der Waals surface area (Å²) >= 11 is 0. The summed E-state index contributed by atoms with van der Waals surface area (Å²) in [7, 11) is 1.95. The second kappa shape index (κ2) is 6.47. The number of rotatable bonds is 5. The zero-order valence-electron chi connectivity index (χ0n) is 12.8. The minimum absolute atomic E-state index is 0.529. The summed E-state index contributed by atoms with van der Waals surface area (Å²) in [6, 6.07) is 15.0. The predicted molar refractivity (Wildman–Crippen MR) is 88.6 cm³/mol. The van der Waals surface area contributed by atoms with Crippen molar-refractivity contribution in [2.75, 3.05) is 17.7 Å². The lowest BCUT2D eigenvalue weighted by Crippen LogP contribution is -2.05. The van der Waals surface area contributed by atoms with E-state index in [4.69, 9.17) is 0 Å². The van der Waals surface area contributed by atoms with Crippen LogP contribution in [0, 0.1) is 6.92 Å². The Hall–Kier alpha value is -1.96. The number of anilines is 2. The average molecular weight is 268 g/mol. The lowest BCUT2D eigenvalue weighted by Gasteiger charge is -2.17. The van der Waals surface area contributed by atoms with Crippen LogP contribution in [0.5, 0.6) is 0 Å². The lowest BCUT2D eigenvalue weighted by atomic mass is 9.98. The first-order valence-electron chi connectivity index (χ1n) is 7.22. The van der Waals surface area contributed by atoms with Gasteiger partial charge in [0.1, 0.15) is 0 Å². The highest BCUT2D eigenvalue weighted by Gasteiger charge is 2.08. The Balaban J connectivity index is 2.18. The van der Waals surface area contributed by atoms with Crippen LogP contribution in [-0.4, -0.2) is 7.05 Å². The van der Waals surface area contributed by atoms with Crippen LogP contribution in [-0.2, 0) is 6.54 Å². The van der Waals surface area contributed by atoms with E-state index < -0.39 is 0 Å². The maximum absolute atomic E-state index is 3.60. The topological polar surface area (TPSA) is 24.1 Å². The van der Waals surface area contributed by atoms with Crippen LogP contribution in [0.15, 0.2) is 42.5 Å². The summed E-state index contributed by atoms with van der Waals surface area (Å²) in [5, 5.41) is 6.78. The standard InChI is InChI=1S/C18H24N2/c1-13(2)17-10-5-7-14(3)18(17)20-12-15-8-6-9-16(11-15)19-4/h5-11,13,19-20H,12H2,1-4H3. The van der Waals surface area contributed by atoms with E-state index in [0.29, 0.717) is 5.92 Å². The summed E-state index contributed by atoms with van der Waals surface area (Å²) in [6.07, 6.45) is 0. The second-order valence-electron chi connectivity index (χ2n) is 5.50. The molecule has 2 rings (SSSR count). The van der Waals surface area contributed by atoms with Crippen molar-refractivity contribution >= 4 is 11.4 Å². The Bertz CT molecular complexity index is 573. The van der Waals surface area contributed by atoms with Crippen LogP contribution in [0.25, 0.3) is 0 Å². The Labute approximate surface area is 122 Å². The first kappa shape index (κ1) is 14.4. The highest BCUT2D eigenvalue weighted by Crippen LogP contribution is 2.27. The van der Waals surface area contributed by atoms with Crippen LogP contribution in [0.1, 0.15) is 36.5 Å². The van der Waals surface area contributed by atoms with Crippen LogP contribution in [0.2, 0.25) is 0 Å². The second-order valence-corrected chi connectivity index (χ2v) is 5.50. The molecule has 2 nitrogen and oxygen atoms in total. The SMILES string of the molecule is CNc1cccc(CNc2c(C)cccc2C(C)C)c1. The molecule has 0 spiro atoms. The number of hydrogen-bond donors (Lipinski definition) is 2. The molecule has 0 aromatic heterocycles. The molecule has 0 atom stereocenters. The molecule has 0 aliphatic heterocycles. The minimum Gasteiger partial charge on any atom is -0.388 e. The van der Waals surface area contributed by atoms with Gasteiger partial charge in [0, 0.05) is 25.0 Å². The first-order chi connectivity index (χ1) is 9.61. The fraction of sp³-hybridized carbons (Fsp3) is 0.333. The zero-order chi connectivity index (χ0) is 14.5. The van der Waals surface area contributed by atoms with Crippen molar-refractivity contribution in [1.82, 2.24) is 0 Å². The monoisotopic (exact) mass is 268 g/mol. The molecule has 20 heavy (non-hydrogen) atoms. The Kier molecular flexibility index (Phi) is 4.67. The number of hydrogen-bond acceptors (Lipinski definition) is 2. The molecule has 106 valence electrons. The summed E-state index contributed by atoms with van der Waals surface area (Å²) in [6.45, 7) is 7.49. The lowest BCUT2D eigenvalue weighted by molar-refractivity contribution is 0.863. The summed E-state index contributed by atoms with van der Waals surface area (Å²) in [5.74, 6) is 0.529. The van der Waals surface area contributed by atoms with E-state index in [-0.39, 0.29) is 0 Å². The van der Waals surface area contributed by atoms with Gasteiger partial charge in [-0.25, -0.2) is 0 Å². The molecule has 0 fully saturated rings. The molecule has 0 amide bonds. The van der Waals surface area contributed by atoms with E-state index in [1.54, 1.807) is 0 Å². The van der Waals surface area contributed by atoms with Crippen molar-refractivity contribution in [2.45, 2.75) is 33.2 Å². The van der Waals surface area contributed by atoms with Crippen molar-refractivity contribution in [2.24, 2.45) is 0 Å². The quantitative estimate of drug-likeness (QED) is 0.816. The van der Waals surface area contributed by atoms with Crippen LogP contribution in [0.4, 0.5) is 11.4 Å². The molecule has 0 heterocycles. The average Bonchev–Trinajstić information content (AvgIpc) is 2.45. The number of aryl methyl sites for hydroxylation is 1. The number of nitrogens with one attached hydrogen (secondary N) is 2. The molecule has 2 aromatic carbocycles. The predicted octanol–water partition coefficient (Wildman–Crippen LogP) is 4.77. The highest BCUT2D eigenvalue weighted by atomic mass is 14.9. The van der Waals surface area contributed by atoms with E-state index in [9.17, 15) is 0 Å². The van der Waals surface area contributed by atoms with E-state index in [1.807, 2.05) is 7.05 Å². The van der Waals surface area contributed by atoms with Gasteiger partial charge in [-0.2, -0.15) is 0 Å². The van der Waals surface area contributed by atoms with E-state index in [0.717, 1.165) is 12.2 Å². The Morgan fingerprint density at radius 3 is 2.50 bits per heavy atom. The summed E-state index contributed by atoms with van der Waals surface area (Å²) in [4.78, 5) is 0. The molecular weight excluding hydrogens is 244 g/mol. The van der Waals surface area contributed by atoms with Crippen LogP contribution >= 0.6 is 0 Å². The van der Waals surface area contributed by atoms with Crippen molar-refractivity contribution in [3.63, 3.8) is 0 Å². The largest absolute Gasteiger partial charge is 0.388 e. The molecule has 0 saturated heterocycles. The summed E-state index contributed by atoms with van der Waals surface area (Å²) in [5.41, 5.74) is 6.40.